The number of fused-ring (bicyclic) bond motifs is 1. The lowest BCUT2D eigenvalue weighted by Crippen LogP contribution is -2.48. The molecule has 5 rings (SSSR count). The van der Waals surface area contributed by atoms with Crippen molar-refractivity contribution in [3.63, 3.8) is 0 Å². The van der Waals surface area contributed by atoms with Crippen molar-refractivity contribution in [2.45, 2.75) is 11.0 Å². The van der Waals surface area contributed by atoms with E-state index in [1.807, 2.05) is 0 Å². The van der Waals surface area contributed by atoms with Crippen LogP contribution in [0.25, 0.3) is 10.6 Å². The molecule has 0 fully saturated rings. The van der Waals surface area contributed by atoms with E-state index in [0.717, 1.165) is 21.2 Å². The smallest absolute Gasteiger partial charge is 0.269 e. The van der Waals surface area contributed by atoms with Crippen molar-refractivity contribution >= 4 is 61.3 Å². The first-order valence-corrected chi connectivity index (χ1v) is 13.8. The van der Waals surface area contributed by atoms with E-state index < -0.39 is 22.0 Å². The van der Waals surface area contributed by atoms with Crippen LogP contribution in [0, 0.1) is 0 Å². The van der Waals surface area contributed by atoms with E-state index in [9.17, 15) is 13.2 Å². The van der Waals surface area contributed by atoms with Crippen LogP contribution in [0.3, 0.4) is 0 Å². The van der Waals surface area contributed by atoms with E-state index in [2.05, 4.69) is 15.5 Å². The number of aromatic nitrogens is 2. The summed E-state index contributed by atoms with van der Waals surface area (Å²) in [6.45, 7) is -0.281. The Morgan fingerprint density at radius 1 is 1.05 bits per heavy atom. The number of nitrogens with zero attached hydrogens (tertiary/aromatic N) is 3. The minimum absolute atomic E-state index is 0.0250. The summed E-state index contributed by atoms with van der Waals surface area (Å²) in [7, 11) is -2.58. The van der Waals surface area contributed by atoms with Gasteiger partial charge in [-0.05, 0) is 54.6 Å². The second-order valence-electron chi connectivity index (χ2n) is 7.84. The first kappa shape index (κ1) is 25.3. The summed E-state index contributed by atoms with van der Waals surface area (Å²) in [6, 6.07) is 17.6. The molecule has 1 amide bonds. The molecule has 2 heterocycles. The minimum atomic E-state index is -4.07. The van der Waals surface area contributed by atoms with Gasteiger partial charge in [-0.15, -0.1) is 10.2 Å². The van der Waals surface area contributed by atoms with Crippen LogP contribution in [0.1, 0.15) is 0 Å². The molecule has 1 atom stereocenters. The third kappa shape index (κ3) is 5.21. The van der Waals surface area contributed by atoms with E-state index in [4.69, 9.17) is 32.7 Å². The second-order valence-corrected chi connectivity index (χ2v) is 11.6. The molecule has 13 heteroatoms. The van der Waals surface area contributed by atoms with E-state index in [1.54, 1.807) is 42.5 Å². The van der Waals surface area contributed by atoms with E-state index >= 15 is 0 Å². The van der Waals surface area contributed by atoms with Crippen LogP contribution >= 0.6 is 34.5 Å². The van der Waals surface area contributed by atoms with Gasteiger partial charge < -0.3 is 9.47 Å². The maximum absolute atomic E-state index is 13.6. The zero-order valence-corrected chi connectivity index (χ0v) is 22.2. The number of ether oxygens (including phenoxy) is 2. The van der Waals surface area contributed by atoms with Gasteiger partial charge in [-0.3, -0.25) is 14.4 Å². The van der Waals surface area contributed by atoms with Gasteiger partial charge in [-0.2, -0.15) is 0 Å². The number of anilines is 2. The Balaban J connectivity index is 1.41. The molecule has 190 valence electrons. The van der Waals surface area contributed by atoms with Crippen molar-refractivity contribution in [2.75, 3.05) is 23.3 Å². The molecular formula is C24H18Cl2N4O5S2. The number of nitrogens with one attached hydrogen (secondary N) is 1. The molecule has 4 aromatic rings. The Kier molecular flexibility index (Phi) is 6.95. The lowest BCUT2D eigenvalue weighted by Gasteiger charge is -2.34. The maximum atomic E-state index is 13.6. The van der Waals surface area contributed by atoms with Crippen molar-refractivity contribution in [3.8, 4) is 22.1 Å². The third-order valence-electron chi connectivity index (χ3n) is 5.48. The number of hydrogen-bond acceptors (Lipinski definition) is 8. The number of methoxy groups -OCH3 is 1. The van der Waals surface area contributed by atoms with Crippen LogP contribution in [0.2, 0.25) is 10.0 Å². The van der Waals surface area contributed by atoms with Gasteiger partial charge in [0.1, 0.15) is 16.5 Å². The Hall–Kier alpha value is -3.38. The molecule has 3 aromatic carbocycles. The van der Waals surface area contributed by atoms with Crippen molar-refractivity contribution in [2.24, 2.45) is 0 Å². The number of benzene rings is 3. The molecular weight excluding hydrogens is 559 g/mol. The van der Waals surface area contributed by atoms with Gasteiger partial charge >= 0.3 is 0 Å². The van der Waals surface area contributed by atoms with Gasteiger partial charge in [-0.1, -0.05) is 46.7 Å². The summed E-state index contributed by atoms with van der Waals surface area (Å²) in [5.41, 5.74) is 1.02. The van der Waals surface area contributed by atoms with Crippen LogP contribution in [0.15, 0.2) is 71.6 Å². The molecule has 37 heavy (non-hydrogen) atoms. The molecule has 0 aliphatic carbocycles. The molecule has 0 saturated heterocycles. The molecule has 1 aliphatic heterocycles. The lowest BCUT2D eigenvalue weighted by molar-refractivity contribution is -0.122. The normalized spacial score (nSPS) is 15.0. The van der Waals surface area contributed by atoms with Crippen LogP contribution in [0.5, 0.6) is 11.5 Å². The number of hydrogen-bond donors (Lipinski definition) is 1. The van der Waals surface area contributed by atoms with Gasteiger partial charge in [0.05, 0.1) is 24.2 Å². The molecule has 1 aliphatic rings. The van der Waals surface area contributed by atoms with Gasteiger partial charge in [0, 0.05) is 15.6 Å². The number of carbonyl (C=O) groups excluding carboxylic acids is 1. The van der Waals surface area contributed by atoms with Crippen LogP contribution in [-0.2, 0) is 14.8 Å². The van der Waals surface area contributed by atoms with Crippen molar-refractivity contribution in [1.82, 2.24) is 10.2 Å². The summed E-state index contributed by atoms with van der Waals surface area (Å²) < 4.78 is 39.3. The highest BCUT2D eigenvalue weighted by atomic mass is 35.5. The third-order valence-corrected chi connectivity index (χ3v) is 8.65. The maximum Gasteiger partial charge on any atom is 0.269 e. The molecule has 9 nitrogen and oxygen atoms in total. The quantitative estimate of drug-likeness (QED) is 0.339. The van der Waals surface area contributed by atoms with E-state index in [-0.39, 0.29) is 28.0 Å². The van der Waals surface area contributed by atoms with Crippen LogP contribution < -0.4 is 19.1 Å². The highest BCUT2D eigenvalue weighted by Crippen LogP contribution is 2.39. The monoisotopic (exact) mass is 576 g/mol. The summed E-state index contributed by atoms with van der Waals surface area (Å²) in [4.78, 5) is 13.2. The Bertz CT molecular complexity index is 1560. The fourth-order valence-corrected chi connectivity index (χ4v) is 6.14. The first-order chi connectivity index (χ1) is 17.7. The number of halogens is 2. The number of sulfonamides is 1. The number of carbonyl (C=O) groups is 1. The summed E-state index contributed by atoms with van der Waals surface area (Å²) in [5, 5.41) is 12.5. The highest BCUT2D eigenvalue weighted by Gasteiger charge is 2.38. The predicted octanol–water partition coefficient (Wildman–Crippen LogP) is 5.12. The minimum Gasteiger partial charge on any atom is -0.497 e. The average molecular weight is 577 g/mol. The molecule has 0 radical (unpaired) electrons. The summed E-state index contributed by atoms with van der Waals surface area (Å²) >= 11 is 13.3. The Morgan fingerprint density at radius 2 is 1.76 bits per heavy atom. The molecule has 1 N–H and O–H groups in total. The lowest BCUT2D eigenvalue weighted by atomic mass is 10.2. The van der Waals surface area contributed by atoms with Crippen LogP contribution in [0.4, 0.5) is 10.8 Å². The van der Waals surface area contributed by atoms with Gasteiger partial charge in [0.25, 0.3) is 15.9 Å². The standard InChI is InChI=1S/C24H18Cl2N4O5S2/c1-34-17-7-9-18(10-8-17)37(32,33)30-13-21(35-20-11-6-16(26)12-19(20)30)22(31)27-24-29-28-23(36-24)14-2-4-15(25)5-3-14/h2-12,21H,13H2,1H3,(H,27,29,31)/t21-/m1/s1. The van der Waals surface area contributed by atoms with Gasteiger partial charge in [0.15, 0.2) is 6.10 Å². The van der Waals surface area contributed by atoms with Crippen molar-refractivity contribution < 1.29 is 22.7 Å². The zero-order valence-electron chi connectivity index (χ0n) is 19.1. The predicted molar refractivity (Wildman–Crippen MR) is 142 cm³/mol. The van der Waals surface area contributed by atoms with Gasteiger partial charge in [-0.25, -0.2) is 8.42 Å². The molecule has 0 spiro atoms. The topological polar surface area (TPSA) is 111 Å². The molecule has 1 aromatic heterocycles. The van der Waals surface area contributed by atoms with E-state index in [0.29, 0.717) is 20.8 Å². The van der Waals surface area contributed by atoms with Gasteiger partial charge in [0.2, 0.25) is 5.13 Å². The van der Waals surface area contributed by atoms with E-state index in [1.165, 1.54) is 31.4 Å². The molecule has 0 saturated carbocycles. The Labute approximate surface area is 226 Å². The summed E-state index contributed by atoms with van der Waals surface area (Å²) in [5.74, 6) is 0.137. The first-order valence-electron chi connectivity index (χ1n) is 10.8. The largest absolute Gasteiger partial charge is 0.497 e. The molecule has 0 unspecified atom stereocenters. The zero-order chi connectivity index (χ0) is 26.2. The fraction of sp³-hybridized carbons (Fsp3) is 0.125. The van der Waals surface area contributed by atoms with Crippen LogP contribution in [-0.4, -0.2) is 44.3 Å². The Morgan fingerprint density at radius 3 is 2.46 bits per heavy atom. The highest BCUT2D eigenvalue weighted by molar-refractivity contribution is 7.92. The summed E-state index contributed by atoms with van der Waals surface area (Å²) in [6.07, 6.45) is -1.16. The fourth-order valence-electron chi connectivity index (χ4n) is 3.63. The average Bonchev–Trinajstić information content (AvgIpc) is 3.36. The van der Waals surface area contributed by atoms with Crippen molar-refractivity contribution in [1.29, 1.82) is 0 Å². The SMILES string of the molecule is COc1ccc(S(=O)(=O)N2C[C@H](C(=O)Nc3nnc(-c4ccc(Cl)cc4)s3)Oc3ccc(Cl)cc32)cc1. The second kappa shape index (κ2) is 10.2. The number of rotatable bonds is 6. The van der Waals surface area contributed by atoms with Crippen molar-refractivity contribution in [3.05, 3.63) is 76.8 Å². The molecule has 0 bridgehead atoms. The number of amides is 1.